The van der Waals surface area contributed by atoms with Crippen molar-refractivity contribution in [2.45, 2.75) is 62.0 Å². The van der Waals surface area contributed by atoms with Crippen LogP contribution in [-0.4, -0.2) is 126 Å². The first kappa shape index (κ1) is 38.4. The number of rotatable bonds is 18. The number of fused-ring (bicyclic) bond motifs is 1. The Labute approximate surface area is 311 Å². The van der Waals surface area contributed by atoms with Gasteiger partial charge in [-0.15, -0.1) is 13.2 Å². The fourth-order valence-corrected chi connectivity index (χ4v) is 8.52. The molecule has 0 aromatic heterocycles. The fraction of sp³-hybridized carbons (Fsp3) is 0.512. The standard InChI is InChI=1S/C41H52N4O8/c1-3-5-16-34(47)42-27-33(30-14-10-7-11-15-30)52-40(50)35-32-17-18-41(53-32)36(35)38(48)45(31(28-46)26-29-12-8-6-9-13-29)37(41)39(49)44(19-4-2)21-20-43-22-24-51-25-23-43/h3-4,6-15,31-33,35-37,46H,1-2,5,16-28H2,(H,42,47)/t31-,32-,33+,35+,36+,37-,41+/m1/s1. The molecule has 2 aromatic rings. The maximum Gasteiger partial charge on any atom is 0.313 e. The molecule has 284 valence electrons. The normalized spacial score (nSPS) is 26.1. The van der Waals surface area contributed by atoms with Gasteiger partial charge in [-0.1, -0.05) is 72.8 Å². The van der Waals surface area contributed by atoms with Gasteiger partial charge >= 0.3 is 5.97 Å². The molecule has 4 fully saturated rings. The van der Waals surface area contributed by atoms with Crippen LogP contribution in [0.1, 0.15) is 42.9 Å². The van der Waals surface area contributed by atoms with E-state index in [1.807, 2.05) is 60.7 Å². The molecule has 53 heavy (non-hydrogen) atoms. The number of aliphatic hydroxyl groups excluding tert-OH is 1. The fourth-order valence-electron chi connectivity index (χ4n) is 8.52. The number of benzene rings is 2. The minimum atomic E-state index is -1.29. The second-order valence-corrected chi connectivity index (χ2v) is 14.3. The number of ether oxygens (including phenoxy) is 3. The quantitative estimate of drug-likeness (QED) is 0.175. The third-order valence-electron chi connectivity index (χ3n) is 11.1. The summed E-state index contributed by atoms with van der Waals surface area (Å²) in [5, 5.41) is 13.7. The number of carbonyl (C=O) groups is 4. The number of likely N-dealkylation sites (tertiary alicyclic amines) is 1. The van der Waals surface area contributed by atoms with Gasteiger partial charge in [0.2, 0.25) is 17.7 Å². The third-order valence-corrected chi connectivity index (χ3v) is 11.1. The summed E-state index contributed by atoms with van der Waals surface area (Å²) in [7, 11) is 0. The summed E-state index contributed by atoms with van der Waals surface area (Å²) >= 11 is 0. The Hall–Kier alpha value is -4.36. The largest absolute Gasteiger partial charge is 0.455 e. The Morgan fingerprint density at radius 2 is 1.77 bits per heavy atom. The number of esters is 1. The number of carbonyl (C=O) groups excluding carboxylic acids is 4. The molecule has 2 N–H and O–H groups in total. The summed E-state index contributed by atoms with van der Waals surface area (Å²) in [4.78, 5) is 62.2. The second-order valence-electron chi connectivity index (χ2n) is 14.3. The number of hydrogen-bond donors (Lipinski definition) is 2. The van der Waals surface area contributed by atoms with Crippen LogP contribution < -0.4 is 5.32 Å². The summed E-state index contributed by atoms with van der Waals surface area (Å²) in [6.45, 7) is 11.3. The van der Waals surface area contributed by atoms with Crippen LogP contribution in [0.25, 0.3) is 0 Å². The smallest absolute Gasteiger partial charge is 0.313 e. The minimum absolute atomic E-state index is 0.0459. The van der Waals surface area contributed by atoms with Crippen molar-refractivity contribution in [2.75, 3.05) is 59.1 Å². The van der Waals surface area contributed by atoms with Crippen LogP contribution in [0, 0.1) is 11.8 Å². The lowest BCUT2D eigenvalue weighted by atomic mass is 9.70. The van der Waals surface area contributed by atoms with Gasteiger partial charge in [-0.2, -0.15) is 0 Å². The first-order valence-corrected chi connectivity index (χ1v) is 18.8. The van der Waals surface area contributed by atoms with E-state index in [1.165, 1.54) is 4.90 Å². The predicted octanol–water partition coefficient (Wildman–Crippen LogP) is 2.68. The SMILES string of the molecule is C=CCCC(=O)NC[C@H](OC(=O)[C@@H]1[C@H]2C(=O)N([C@@H](CO)Cc3ccccc3)[C@H](C(=O)N(CC=C)CCN3CCOCC3)[C@]23CC[C@H]1O3)c1ccccc1. The van der Waals surface area contributed by atoms with E-state index >= 15 is 0 Å². The van der Waals surface area contributed by atoms with Gasteiger partial charge in [0.25, 0.3) is 0 Å². The molecular formula is C41H52N4O8. The highest BCUT2D eigenvalue weighted by atomic mass is 16.6. The van der Waals surface area contributed by atoms with Crippen LogP contribution in [0.5, 0.6) is 0 Å². The van der Waals surface area contributed by atoms with Crippen LogP contribution in [0.2, 0.25) is 0 Å². The number of nitrogens with one attached hydrogen (secondary N) is 1. The molecule has 6 rings (SSSR count). The summed E-state index contributed by atoms with van der Waals surface area (Å²) in [5.74, 6) is -3.47. The monoisotopic (exact) mass is 728 g/mol. The molecule has 4 aliphatic heterocycles. The number of amides is 3. The van der Waals surface area contributed by atoms with E-state index in [4.69, 9.17) is 14.2 Å². The number of allylic oxidation sites excluding steroid dienone is 1. The van der Waals surface area contributed by atoms with Crippen LogP contribution in [-0.2, 0) is 39.8 Å². The van der Waals surface area contributed by atoms with Crippen LogP contribution in [0.15, 0.2) is 86.0 Å². The van der Waals surface area contributed by atoms with Crippen LogP contribution in [0.4, 0.5) is 0 Å². The Kier molecular flexibility index (Phi) is 12.8. The summed E-state index contributed by atoms with van der Waals surface area (Å²) < 4.78 is 18.4. The zero-order valence-corrected chi connectivity index (χ0v) is 30.4. The maximum absolute atomic E-state index is 14.9. The lowest BCUT2D eigenvalue weighted by Gasteiger charge is -2.40. The van der Waals surface area contributed by atoms with E-state index in [2.05, 4.69) is 23.4 Å². The molecule has 0 unspecified atom stereocenters. The first-order valence-electron chi connectivity index (χ1n) is 18.8. The Bertz CT molecular complexity index is 1600. The van der Waals surface area contributed by atoms with Gasteiger partial charge in [0.15, 0.2) is 0 Å². The van der Waals surface area contributed by atoms with E-state index in [-0.39, 0.29) is 37.9 Å². The number of aliphatic hydroxyl groups is 1. The van der Waals surface area contributed by atoms with Crippen molar-refractivity contribution in [2.24, 2.45) is 11.8 Å². The molecular weight excluding hydrogens is 676 g/mol. The van der Waals surface area contributed by atoms with E-state index < -0.39 is 53.6 Å². The van der Waals surface area contributed by atoms with E-state index in [0.29, 0.717) is 57.6 Å². The second kappa shape index (κ2) is 17.6. The summed E-state index contributed by atoms with van der Waals surface area (Å²) in [6.07, 6.45) is 3.85. The molecule has 3 amide bonds. The van der Waals surface area contributed by atoms with Gasteiger partial charge in [0.05, 0.1) is 50.3 Å². The highest BCUT2D eigenvalue weighted by Crippen LogP contribution is 2.59. The number of morpholine rings is 1. The molecule has 2 aromatic carbocycles. The number of hydrogen-bond acceptors (Lipinski definition) is 9. The van der Waals surface area contributed by atoms with E-state index in [1.54, 1.807) is 17.1 Å². The van der Waals surface area contributed by atoms with Gasteiger partial charge in [0, 0.05) is 39.1 Å². The maximum atomic E-state index is 14.9. The van der Waals surface area contributed by atoms with Gasteiger partial charge in [-0.05, 0) is 36.8 Å². The molecule has 4 saturated heterocycles. The van der Waals surface area contributed by atoms with Crippen molar-refractivity contribution in [3.8, 4) is 0 Å². The first-order chi connectivity index (χ1) is 25.8. The van der Waals surface area contributed by atoms with Gasteiger partial charge in [0.1, 0.15) is 17.7 Å². The Morgan fingerprint density at radius 3 is 2.45 bits per heavy atom. The van der Waals surface area contributed by atoms with Crippen molar-refractivity contribution in [3.05, 3.63) is 97.1 Å². The van der Waals surface area contributed by atoms with Crippen molar-refractivity contribution in [3.63, 3.8) is 0 Å². The molecule has 0 saturated carbocycles. The zero-order valence-electron chi connectivity index (χ0n) is 30.4. The topological polar surface area (TPSA) is 138 Å². The van der Waals surface area contributed by atoms with E-state index in [0.717, 1.165) is 18.7 Å². The van der Waals surface area contributed by atoms with Gasteiger partial charge in [-0.3, -0.25) is 24.1 Å². The molecule has 4 heterocycles. The molecule has 2 bridgehead atoms. The summed E-state index contributed by atoms with van der Waals surface area (Å²) in [6, 6.07) is 16.9. The van der Waals surface area contributed by atoms with Gasteiger partial charge < -0.3 is 34.4 Å². The highest BCUT2D eigenvalue weighted by Gasteiger charge is 2.75. The molecule has 12 heteroatoms. The van der Waals surface area contributed by atoms with Crippen molar-refractivity contribution >= 4 is 23.7 Å². The molecule has 0 aliphatic carbocycles. The molecule has 12 nitrogen and oxygen atoms in total. The van der Waals surface area contributed by atoms with Gasteiger partial charge in [-0.25, -0.2) is 0 Å². The molecule has 7 atom stereocenters. The molecule has 0 radical (unpaired) electrons. The van der Waals surface area contributed by atoms with Crippen LogP contribution >= 0.6 is 0 Å². The average molecular weight is 729 g/mol. The lowest BCUT2D eigenvalue weighted by Crippen LogP contribution is -2.59. The number of nitrogens with zero attached hydrogens (tertiary/aromatic N) is 3. The van der Waals surface area contributed by atoms with Crippen molar-refractivity contribution in [1.29, 1.82) is 0 Å². The Morgan fingerprint density at radius 1 is 1.06 bits per heavy atom. The minimum Gasteiger partial charge on any atom is -0.455 e. The third kappa shape index (κ3) is 8.26. The predicted molar refractivity (Wildman–Crippen MR) is 197 cm³/mol. The van der Waals surface area contributed by atoms with E-state index in [9.17, 15) is 24.3 Å². The molecule has 4 aliphatic rings. The van der Waals surface area contributed by atoms with Crippen molar-refractivity contribution in [1.82, 2.24) is 20.0 Å². The lowest BCUT2D eigenvalue weighted by molar-refractivity contribution is -0.161. The van der Waals surface area contributed by atoms with Crippen LogP contribution in [0.3, 0.4) is 0 Å². The Balaban J connectivity index is 1.31. The average Bonchev–Trinajstić information content (AvgIpc) is 3.84. The molecule has 1 spiro atoms. The van der Waals surface area contributed by atoms with Crippen molar-refractivity contribution < 1.29 is 38.5 Å². The zero-order chi connectivity index (χ0) is 37.4. The highest BCUT2D eigenvalue weighted by molar-refractivity contribution is 5.98. The summed E-state index contributed by atoms with van der Waals surface area (Å²) in [5.41, 5.74) is 0.309.